The molecule has 0 saturated heterocycles. The number of hydrogen-bond acceptors (Lipinski definition) is 3. The molecule has 1 aromatic carbocycles. The van der Waals surface area contributed by atoms with Gasteiger partial charge in [0.2, 0.25) is 0 Å². The van der Waals surface area contributed by atoms with Gasteiger partial charge in [0, 0.05) is 23.4 Å². The number of anilines is 1. The standard InChI is InChI=1S/C15H22N2O2/c1-4-12-8-9-14(10(12)2)16-13-6-5-7-15(11(13)3)17(18)19/h5-7,10,12,14,16H,4,8-9H2,1-3H3. The highest BCUT2D eigenvalue weighted by Gasteiger charge is 2.31. The van der Waals surface area contributed by atoms with E-state index in [0.29, 0.717) is 12.0 Å². The minimum atomic E-state index is -0.312. The Bertz CT molecular complexity index is 473. The molecular formula is C15H22N2O2. The van der Waals surface area contributed by atoms with E-state index in [1.165, 1.54) is 12.8 Å². The van der Waals surface area contributed by atoms with E-state index in [2.05, 4.69) is 19.2 Å². The minimum absolute atomic E-state index is 0.197. The van der Waals surface area contributed by atoms with Crippen LogP contribution in [0.25, 0.3) is 0 Å². The number of nitro benzene ring substituents is 1. The molecule has 4 nitrogen and oxygen atoms in total. The Morgan fingerprint density at radius 3 is 2.74 bits per heavy atom. The first-order chi connectivity index (χ1) is 9.04. The molecule has 0 aromatic heterocycles. The van der Waals surface area contributed by atoms with E-state index in [-0.39, 0.29) is 10.6 Å². The maximum Gasteiger partial charge on any atom is 0.274 e. The third kappa shape index (κ3) is 2.72. The monoisotopic (exact) mass is 262 g/mol. The third-order valence-corrected chi connectivity index (χ3v) is 4.59. The highest BCUT2D eigenvalue weighted by Crippen LogP contribution is 2.36. The molecule has 0 heterocycles. The zero-order chi connectivity index (χ0) is 14.0. The molecule has 1 fully saturated rings. The van der Waals surface area contributed by atoms with Crippen molar-refractivity contribution in [3.8, 4) is 0 Å². The summed E-state index contributed by atoms with van der Waals surface area (Å²) in [5.41, 5.74) is 1.84. The highest BCUT2D eigenvalue weighted by atomic mass is 16.6. The third-order valence-electron chi connectivity index (χ3n) is 4.59. The molecule has 1 saturated carbocycles. The highest BCUT2D eigenvalue weighted by molar-refractivity contribution is 5.60. The van der Waals surface area contributed by atoms with Gasteiger partial charge in [-0.15, -0.1) is 0 Å². The van der Waals surface area contributed by atoms with Gasteiger partial charge < -0.3 is 5.32 Å². The number of benzene rings is 1. The number of rotatable bonds is 4. The fourth-order valence-corrected chi connectivity index (χ4v) is 3.20. The zero-order valence-electron chi connectivity index (χ0n) is 11.8. The van der Waals surface area contributed by atoms with Crippen molar-refractivity contribution in [1.29, 1.82) is 0 Å². The molecule has 2 rings (SSSR count). The summed E-state index contributed by atoms with van der Waals surface area (Å²) < 4.78 is 0. The molecular weight excluding hydrogens is 240 g/mol. The Hall–Kier alpha value is -1.58. The van der Waals surface area contributed by atoms with Gasteiger partial charge in [0.1, 0.15) is 0 Å². The average molecular weight is 262 g/mol. The number of nitrogens with one attached hydrogen (secondary N) is 1. The quantitative estimate of drug-likeness (QED) is 0.655. The van der Waals surface area contributed by atoms with Gasteiger partial charge in [-0.1, -0.05) is 26.3 Å². The van der Waals surface area contributed by atoms with Gasteiger partial charge in [0.15, 0.2) is 0 Å². The Kier molecular flexibility index (Phi) is 4.08. The fraction of sp³-hybridized carbons (Fsp3) is 0.600. The first-order valence-electron chi connectivity index (χ1n) is 7.05. The zero-order valence-corrected chi connectivity index (χ0v) is 11.8. The van der Waals surface area contributed by atoms with Crippen molar-refractivity contribution < 1.29 is 4.92 Å². The van der Waals surface area contributed by atoms with Crippen molar-refractivity contribution in [2.75, 3.05) is 5.32 Å². The fourth-order valence-electron chi connectivity index (χ4n) is 3.20. The molecule has 1 N–H and O–H groups in total. The Morgan fingerprint density at radius 1 is 1.42 bits per heavy atom. The summed E-state index contributed by atoms with van der Waals surface area (Å²) in [6, 6.07) is 5.69. The molecule has 0 spiro atoms. The van der Waals surface area contributed by atoms with E-state index in [0.717, 1.165) is 23.6 Å². The van der Waals surface area contributed by atoms with Gasteiger partial charge in [-0.3, -0.25) is 10.1 Å². The second-order valence-electron chi connectivity index (χ2n) is 5.56. The Morgan fingerprint density at radius 2 is 2.16 bits per heavy atom. The van der Waals surface area contributed by atoms with Crippen molar-refractivity contribution in [2.24, 2.45) is 11.8 Å². The van der Waals surface area contributed by atoms with E-state index < -0.39 is 0 Å². The second kappa shape index (κ2) is 5.59. The van der Waals surface area contributed by atoms with Crippen LogP contribution in [0.3, 0.4) is 0 Å². The maximum atomic E-state index is 11.0. The molecule has 1 aromatic rings. The summed E-state index contributed by atoms with van der Waals surface area (Å²) in [6.45, 7) is 6.34. The predicted octanol–water partition coefficient (Wildman–Crippen LogP) is 4.14. The smallest absolute Gasteiger partial charge is 0.274 e. The molecule has 0 radical (unpaired) electrons. The molecule has 0 aliphatic heterocycles. The molecule has 1 aliphatic carbocycles. The van der Waals surface area contributed by atoms with Crippen LogP contribution in [0.15, 0.2) is 18.2 Å². The molecule has 1 aliphatic rings. The summed E-state index contributed by atoms with van der Waals surface area (Å²) in [6.07, 6.45) is 3.62. The number of hydrogen-bond donors (Lipinski definition) is 1. The van der Waals surface area contributed by atoms with E-state index in [4.69, 9.17) is 0 Å². The lowest BCUT2D eigenvalue weighted by Gasteiger charge is -2.22. The predicted molar refractivity (Wildman–Crippen MR) is 77.4 cm³/mol. The van der Waals surface area contributed by atoms with Crippen molar-refractivity contribution in [1.82, 2.24) is 0 Å². The molecule has 104 valence electrons. The van der Waals surface area contributed by atoms with Crippen LogP contribution in [-0.4, -0.2) is 11.0 Å². The van der Waals surface area contributed by atoms with Crippen LogP contribution in [0.4, 0.5) is 11.4 Å². The van der Waals surface area contributed by atoms with Crippen LogP contribution in [0.5, 0.6) is 0 Å². The minimum Gasteiger partial charge on any atom is -0.382 e. The van der Waals surface area contributed by atoms with Crippen LogP contribution >= 0.6 is 0 Å². The van der Waals surface area contributed by atoms with Crippen molar-refractivity contribution >= 4 is 11.4 Å². The number of nitro groups is 1. The van der Waals surface area contributed by atoms with Gasteiger partial charge in [-0.05, 0) is 37.7 Å². The maximum absolute atomic E-state index is 11.0. The first kappa shape index (κ1) is 13.8. The van der Waals surface area contributed by atoms with Crippen LogP contribution < -0.4 is 5.32 Å². The van der Waals surface area contributed by atoms with E-state index in [9.17, 15) is 10.1 Å². The van der Waals surface area contributed by atoms with Crippen molar-refractivity contribution in [3.63, 3.8) is 0 Å². The lowest BCUT2D eigenvalue weighted by molar-refractivity contribution is -0.385. The summed E-state index contributed by atoms with van der Waals surface area (Å²) in [7, 11) is 0. The first-order valence-corrected chi connectivity index (χ1v) is 7.05. The van der Waals surface area contributed by atoms with E-state index in [1.54, 1.807) is 12.1 Å². The van der Waals surface area contributed by atoms with Crippen LogP contribution in [0.2, 0.25) is 0 Å². The normalized spacial score (nSPS) is 26.4. The lowest BCUT2D eigenvalue weighted by atomic mass is 9.93. The number of nitrogens with zero attached hydrogens (tertiary/aromatic N) is 1. The molecule has 0 bridgehead atoms. The van der Waals surface area contributed by atoms with Gasteiger partial charge in [0.25, 0.3) is 5.69 Å². The molecule has 3 unspecified atom stereocenters. The van der Waals surface area contributed by atoms with Gasteiger partial charge in [0.05, 0.1) is 4.92 Å². The summed E-state index contributed by atoms with van der Waals surface area (Å²) in [5.74, 6) is 1.40. The van der Waals surface area contributed by atoms with Crippen molar-refractivity contribution in [2.45, 2.75) is 46.1 Å². The second-order valence-corrected chi connectivity index (χ2v) is 5.56. The Balaban J connectivity index is 2.16. The van der Waals surface area contributed by atoms with Gasteiger partial charge >= 0.3 is 0 Å². The Labute approximate surface area is 114 Å². The SMILES string of the molecule is CCC1CCC(Nc2cccc([N+](=O)[O-])c2C)C1C. The van der Waals surface area contributed by atoms with Crippen molar-refractivity contribution in [3.05, 3.63) is 33.9 Å². The lowest BCUT2D eigenvalue weighted by Crippen LogP contribution is -2.25. The van der Waals surface area contributed by atoms with E-state index in [1.807, 2.05) is 13.0 Å². The molecule has 4 heteroatoms. The van der Waals surface area contributed by atoms with E-state index >= 15 is 0 Å². The summed E-state index contributed by atoms with van der Waals surface area (Å²) in [4.78, 5) is 10.6. The topological polar surface area (TPSA) is 55.2 Å². The van der Waals surface area contributed by atoms with Crippen LogP contribution in [-0.2, 0) is 0 Å². The summed E-state index contributed by atoms with van der Waals surface area (Å²) >= 11 is 0. The largest absolute Gasteiger partial charge is 0.382 e. The summed E-state index contributed by atoms with van der Waals surface area (Å²) in [5, 5.41) is 14.5. The average Bonchev–Trinajstić information content (AvgIpc) is 2.72. The molecule has 3 atom stereocenters. The molecule has 0 amide bonds. The van der Waals surface area contributed by atoms with Gasteiger partial charge in [-0.2, -0.15) is 0 Å². The van der Waals surface area contributed by atoms with Crippen LogP contribution in [0, 0.1) is 28.9 Å². The van der Waals surface area contributed by atoms with Crippen LogP contribution in [0.1, 0.15) is 38.7 Å². The van der Waals surface area contributed by atoms with Gasteiger partial charge in [-0.25, -0.2) is 0 Å². The molecule has 19 heavy (non-hydrogen) atoms.